The molecule has 3 aromatic rings. The first kappa shape index (κ1) is 17.0. The van der Waals surface area contributed by atoms with Gasteiger partial charge in [-0.25, -0.2) is 4.98 Å². The number of rotatable bonds is 5. The van der Waals surface area contributed by atoms with Crippen LogP contribution in [0.25, 0.3) is 22.2 Å². The fraction of sp³-hybridized carbons (Fsp3) is 0.105. The molecule has 2 heterocycles. The summed E-state index contributed by atoms with van der Waals surface area (Å²) in [5.74, 6) is -2.30. The highest BCUT2D eigenvalue weighted by Crippen LogP contribution is 2.31. The number of hydrogen-bond acceptors (Lipinski definition) is 6. The molecule has 0 aliphatic heterocycles. The van der Waals surface area contributed by atoms with E-state index in [1.54, 1.807) is 24.4 Å². The Bertz CT molecular complexity index is 1060. The highest BCUT2D eigenvalue weighted by Gasteiger charge is 2.20. The van der Waals surface area contributed by atoms with Crippen molar-refractivity contribution in [2.75, 3.05) is 0 Å². The summed E-state index contributed by atoms with van der Waals surface area (Å²) in [7, 11) is 0. The lowest BCUT2D eigenvalue weighted by molar-refractivity contribution is -0.136. The van der Waals surface area contributed by atoms with Crippen LogP contribution in [0.5, 0.6) is 5.75 Å². The van der Waals surface area contributed by atoms with Crippen LogP contribution in [-0.4, -0.2) is 31.9 Å². The number of nitrogens with zero attached hydrogens (tertiary/aromatic N) is 3. The van der Waals surface area contributed by atoms with Crippen LogP contribution in [0.2, 0.25) is 0 Å². The molecule has 0 bridgehead atoms. The van der Waals surface area contributed by atoms with Gasteiger partial charge >= 0.3 is 5.97 Å². The lowest BCUT2D eigenvalue weighted by Gasteiger charge is -2.10. The van der Waals surface area contributed by atoms with E-state index in [1.807, 2.05) is 18.2 Å². The third-order valence-electron chi connectivity index (χ3n) is 3.86. The summed E-state index contributed by atoms with van der Waals surface area (Å²) in [5.41, 5.74) is 1.30. The van der Waals surface area contributed by atoms with E-state index in [1.165, 1.54) is 6.07 Å². The normalized spacial score (nSPS) is 10.4. The number of fused-ring (bicyclic) bond motifs is 1. The molecule has 26 heavy (non-hydrogen) atoms. The number of carbonyl (C=O) groups excluding carboxylic acids is 1. The quantitative estimate of drug-likeness (QED) is 0.680. The van der Waals surface area contributed by atoms with E-state index in [9.17, 15) is 20.0 Å². The monoisotopic (exact) mass is 347 g/mol. The van der Waals surface area contributed by atoms with E-state index in [2.05, 4.69) is 9.97 Å². The number of benzene rings is 1. The Balaban J connectivity index is 2.16. The Labute approximate surface area is 148 Å². The van der Waals surface area contributed by atoms with Gasteiger partial charge in [0.25, 0.3) is 0 Å². The predicted octanol–water partition coefficient (Wildman–Crippen LogP) is 2.92. The van der Waals surface area contributed by atoms with E-state index in [-0.39, 0.29) is 24.1 Å². The highest BCUT2D eigenvalue weighted by molar-refractivity contribution is 6.00. The van der Waals surface area contributed by atoms with E-state index in [4.69, 9.17) is 5.11 Å². The minimum Gasteiger partial charge on any atom is -0.504 e. The molecule has 0 saturated carbocycles. The van der Waals surface area contributed by atoms with Gasteiger partial charge in [0.2, 0.25) is 0 Å². The molecular weight excluding hydrogens is 334 g/mol. The van der Waals surface area contributed by atoms with Gasteiger partial charge < -0.3 is 10.2 Å². The molecule has 1 aromatic carbocycles. The van der Waals surface area contributed by atoms with Crippen LogP contribution < -0.4 is 0 Å². The third kappa shape index (κ3) is 3.21. The Hall–Kier alpha value is -3.79. The maximum absolute atomic E-state index is 12.3. The minimum atomic E-state index is -1.13. The summed E-state index contributed by atoms with van der Waals surface area (Å²) >= 11 is 0. The lowest BCUT2D eigenvalue weighted by Crippen LogP contribution is -2.08. The molecule has 0 atom stereocenters. The zero-order valence-electron chi connectivity index (χ0n) is 13.5. The fourth-order valence-electron chi connectivity index (χ4n) is 2.62. The van der Waals surface area contributed by atoms with Crippen LogP contribution in [0, 0.1) is 11.3 Å². The number of carboxylic acid groups (broad SMARTS) is 1. The highest BCUT2D eigenvalue weighted by atomic mass is 16.4. The average molecular weight is 347 g/mol. The van der Waals surface area contributed by atoms with Crippen molar-refractivity contribution in [1.82, 2.24) is 9.97 Å². The van der Waals surface area contributed by atoms with Gasteiger partial charge in [0.05, 0.1) is 23.2 Å². The number of aromatic nitrogens is 2. The molecule has 7 heteroatoms. The molecule has 0 amide bonds. The van der Waals surface area contributed by atoms with Crippen LogP contribution >= 0.6 is 0 Å². The van der Waals surface area contributed by atoms with Crippen molar-refractivity contribution >= 4 is 22.7 Å². The maximum atomic E-state index is 12.3. The van der Waals surface area contributed by atoms with Gasteiger partial charge in [0.15, 0.2) is 11.5 Å². The molecular formula is C19H13N3O4. The van der Waals surface area contributed by atoms with Crippen molar-refractivity contribution in [2.24, 2.45) is 0 Å². The average Bonchev–Trinajstić information content (AvgIpc) is 2.66. The smallest absolute Gasteiger partial charge is 0.303 e. The molecule has 3 rings (SSSR count). The Morgan fingerprint density at radius 1 is 1.15 bits per heavy atom. The molecule has 0 fully saturated rings. The number of aromatic hydroxyl groups is 1. The number of pyridine rings is 2. The molecule has 0 radical (unpaired) electrons. The summed E-state index contributed by atoms with van der Waals surface area (Å²) < 4.78 is 0. The molecule has 0 spiro atoms. The topological polar surface area (TPSA) is 124 Å². The number of carboxylic acids is 1. The van der Waals surface area contributed by atoms with E-state index < -0.39 is 17.5 Å². The van der Waals surface area contributed by atoms with Gasteiger partial charge in [-0.3, -0.25) is 14.6 Å². The summed E-state index contributed by atoms with van der Waals surface area (Å²) in [4.78, 5) is 31.4. The van der Waals surface area contributed by atoms with Gasteiger partial charge in [-0.1, -0.05) is 18.2 Å². The van der Waals surface area contributed by atoms with E-state index in [0.29, 0.717) is 11.3 Å². The number of ketones is 1. The van der Waals surface area contributed by atoms with Crippen LogP contribution in [0.1, 0.15) is 28.9 Å². The van der Waals surface area contributed by atoms with Crippen molar-refractivity contribution in [1.29, 1.82) is 5.26 Å². The van der Waals surface area contributed by atoms with Gasteiger partial charge in [0.1, 0.15) is 11.8 Å². The number of nitriles is 1. The summed E-state index contributed by atoms with van der Waals surface area (Å²) in [6.45, 7) is 0. The number of Topliss-reactive ketones (excluding diaryl/α,β-unsaturated/α-hetero) is 1. The number of carbonyl (C=O) groups is 2. The molecule has 7 nitrogen and oxygen atoms in total. The van der Waals surface area contributed by atoms with Crippen molar-refractivity contribution in [3.63, 3.8) is 0 Å². The van der Waals surface area contributed by atoms with Crippen molar-refractivity contribution < 1.29 is 19.8 Å². The van der Waals surface area contributed by atoms with Crippen LogP contribution in [0.4, 0.5) is 0 Å². The Morgan fingerprint density at radius 3 is 2.69 bits per heavy atom. The summed E-state index contributed by atoms with van der Waals surface area (Å²) in [6.07, 6.45) is 0.948. The molecule has 0 aliphatic rings. The van der Waals surface area contributed by atoms with Gasteiger partial charge in [-0.15, -0.1) is 0 Å². The third-order valence-corrected chi connectivity index (χ3v) is 3.86. The maximum Gasteiger partial charge on any atom is 0.303 e. The zero-order valence-corrected chi connectivity index (χ0v) is 13.5. The van der Waals surface area contributed by atoms with E-state index in [0.717, 1.165) is 10.9 Å². The van der Waals surface area contributed by atoms with Crippen LogP contribution in [-0.2, 0) is 4.79 Å². The molecule has 0 unspecified atom stereocenters. The standard InChI is InChI=1S/C19H13N3O4/c20-10-11-9-15(13-3-1-5-14-12(13)4-2-8-21-14)22-18(19(11)26)16(23)6-7-17(24)25/h1-5,8-9,26H,6-7H2,(H,24,25). The van der Waals surface area contributed by atoms with Gasteiger partial charge in [-0.2, -0.15) is 5.26 Å². The number of hydrogen-bond donors (Lipinski definition) is 2. The van der Waals surface area contributed by atoms with Crippen molar-refractivity contribution in [3.8, 4) is 23.1 Å². The van der Waals surface area contributed by atoms with Crippen LogP contribution in [0.3, 0.4) is 0 Å². The minimum absolute atomic E-state index is 0.102. The van der Waals surface area contributed by atoms with Gasteiger partial charge in [0, 0.05) is 23.6 Å². The summed E-state index contributed by atoms with van der Waals surface area (Å²) in [6, 6.07) is 12.2. The van der Waals surface area contributed by atoms with Crippen molar-refractivity contribution in [3.05, 3.63) is 53.9 Å². The Morgan fingerprint density at radius 2 is 1.96 bits per heavy atom. The SMILES string of the molecule is N#Cc1cc(-c2cccc3ncccc23)nc(C(=O)CCC(=O)O)c1O. The largest absolute Gasteiger partial charge is 0.504 e. The molecule has 0 saturated heterocycles. The first-order valence-corrected chi connectivity index (χ1v) is 7.74. The van der Waals surface area contributed by atoms with E-state index >= 15 is 0 Å². The number of aliphatic carboxylic acids is 1. The molecule has 0 aliphatic carbocycles. The predicted molar refractivity (Wildman–Crippen MR) is 92.6 cm³/mol. The molecule has 2 N–H and O–H groups in total. The summed E-state index contributed by atoms with van der Waals surface area (Å²) in [5, 5.41) is 28.9. The second-order valence-corrected chi connectivity index (χ2v) is 5.56. The second-order valence-electron chi connectivity index (χ2n) is 5.56. The first-order chi connectivity index (χ1) is 12.5. The fourth-order valence-corrected chi connectivity index (χ4v) is 2.62. The van der Waals surface area contributed by atoms with Crippen LogP contribution in [0.15, 0.2) is 42.6 Å². The Kier molecular flexibility index (Phi) is 4.58. The second kappa shape index (κ2) is 6.99. The lowest BCUT2D eigenvalue weighted by atomic mass is 10.0. The van der Waals surface area contributed by atoms with Crippen molar-refractivity contribution in [2.45, 2.75) is 12.8 Å². The zero-order chi connectivity index (χ0) is 18.7. The van der Waals surface area contributed by atoms with Gasteiger partial charge in [-0.05, 0) is 18.2 Å². The first-order valence-electron chi connectivity index (χ1n) is 7.74. The molecule has 2 aromatic heterocycles. The molecule has 128 valence electrons.